The van der Waals surface area contributed by atoms with E-state index in [-0.39, 0.29) is 16.9 Å². The zero-order valence-corrected chi connectivity index (χ0v) is 9.63. The van der Waals surface area contributed by atoms with E-state index in [0.29, 0.717) is 5.69 Å². The Balaban J connectivity index is 2.39. The quantitative estimate of drug-likeness (QED) is 0.675. The number of nitrogens with zero attached hydrogens (tertiary/aromatic N) is 2. The molecule has 0 aliphatic heterocycles. The van der Waals surface area contributed by atoms with Crippen LogP contribution in [-0.4, -0.2) is 4.92 Å². The molecule has 1 N–H and O–H groups in total. The van der Waals surface area contributed by atoms with Gasteiger partial charge in [-0.05, 0) is 18.2 Å². The number of halogens is 1. The van der Waals surface area contributed by atoms with Crippen molar-refractivity contribution in [1.29, 1.82) is 5.26 Å². The molecule has 0 radical (unpaired) electrons. The summed E-state index contributed by atoms with van der Waals surface area (Å²) in [7, 11) is 0. The molecule has 0 aliphatic rings. The fourth-order valence-electron chi connectivity index (χ4n) is 1.55. The minimum absolute atomic E-state index is 0.0810. The molecule has 0 atom stereocenters. The number of benzene rings is 2. The normalized spacial score (nSPS) is 9.68. The maximum atomic E-state index is 13.5. The molecule has 6 heteroatoms. The number of hydrogen-bond acceptors (Lipinski definition) is 4. The van der Waals surface area contributed by atoms with E-state index in [1.165, 1.54) is 24.3 Å². The molecule has 5 nitrogen and oxygen atoms in total. The molecule has 0 amide bonds. The van der Waals surface area contributed by atoms with Crippen molar-refractivity contribution in [2.75, 3.05) is 5.32 Å². The highest BCUT2D eigenvalue weighted by Gasteiger charge is 2.11. The van der Waals surface area contributed by atoms with Gasteiger partial charge in [0.25, 0.3) is 5.69 Å². The third kappa shape index (κ3) is 2.66. The van der Waals surface area contributed by atoms with Crippen LogP contribution >= 0.6 is 0 Å². The van der Waals surface area contributed by atoms with Crippen molar-refractivity contribution >= 4 is 17.1 Å². The number of hydrogen-bond donors (Lipinski definition) is 1. The van der Waals surface area contributed by atoms with E-state index in [9.17, 15) is 14.5 Å². The molecule has 2 rings (SSSR count). The molecule has 2 aromatic carbocycles. The minimum atomic E-state index is -0.590. The van der Waals surface area contributed by atoms with E-state index in [1.807, 2.05) is 6.07 Å². The number of para-hydroxylation sites is 1. The van der Waals surface area contributed by atoms with E-state index in [4.69, 9.17) is 5.26 Å². The third-order valence-corrected chi connectivity index (χ3v) is 2.48. The Hall–Kier alpha value is -2.94. The van der Waals surface area contributed by atoms with Gasteiger partial charge in [-0.2, -0.15) is 5.26 Å². The molecule has 0 unspecified atom stereocenters. The molecule has 0 aliphatic carbocycles. The van der Waals surface area contributed by atoms with Gasteiger partial charge in [-0.15, -0.1) is 0 Å². The maximum absolute atomic E-state index is 13.5. The summed E-state index contributed by atoms with van der Waals surface area (Å²) in [6, 6.07) is 11.6. The van der Waals surface area contributed by atoms with Crippen molar-refractivity contribution in [2.24, 2.45) is 0 Å². The summed E-state index contributed by atoms with van der Waals surface area (Å²) in [5.41, 5.74) is 0.416. The summed E-state index contributed by atoms with van der Waals surface area (Å²) in [5, 5.41) is 22.3. The van der Waals surface area contributed by atoms with Crippen LogP contribution in [-0.2, 0) is 0 Å². The summed E-state index contributed by atoms with van der Waals surface area (Å²) in [6.07, 6.45) is 0. The largest absolute Gasteiger partial charge is 0.352 e. The zero-order valence-electron chi connectivity index (χ0n) is 9.63. The smallest absolute Gasteiger partial charge is 0.270 e. The highest BCUT2D eigenvalue weighted by Crippen LogP contribution is 2.25. The fourth-order valence-corrected chi connectivity index (χ4v) is 1.55. The first kappa shape index (κ1) is 12.5. The summed E-state index contributed by atoms with van der Waals surface area (Å²) in [6.45, 7) is 0. The van der Waals surface area contributed by atoms with Crippen molar-refractivity contribution in [2.45, 2.75) is 0 Å². The lowest BCUT2D eigenvalue weighted by atomic mass is 10.1. The number of rotatable bonds is 3. The molecule has 94 valence electrons. The Morgan fingerprint density at radius 1 is 1.21 bits per heavy atom. The van der Waals surface area contributed by atoms with Crippen molar-refractivity contribution in [3.63, 3.8) is 0 Å². The lowest BCUT2D eigenvalue weighted by Crippen LogP contribution is -1.97. The molecular weight excluding hydrogens is 249 g/mol. The van der Waals surface area contributed by atoms with Gasteiger partial charge in [0.15, 0.2) is 0 Å². The average Bonchev–Trinajstić information content (AvgIpc) is 2.41. The molecule has 0 bridgehead atoms. The van der Waals surface area contributed by atoms with Crippen LogP contribution in [0.3, 0.4) is 0 Å². The van der Waals surface area contributed by atoms with Crippen LogP contribution in [0.5, 0.6) is 0 Å². The van der Waals surface area contributed by atoms with Gasteiger partial charge in [0.2, 0.25) is 0 Å². The van der Waals surface area contributed by atoms with Gasteiger partial charge in [0, 0.05) is 12.1 Å². The molecule has 19 heavy (non-hydrogen) atoms. The van der Waals surface area contributed by atoms with Crippen molar-refractivity contribution in [1.82, 2.24) is 0 Å². The van der Waals surface area contributed by atoms with Crippen LogP contribution in [0.2, 0.25) is 0 Å². The first-order valence-electron chi connectivity index (χ1n) is 5.32. The Morgan fingerprint density at radius 2 is 1.95 bits per heavy atom. The number of nitro benzene ring substituents is 1. The summed E-state index contributed by atoms with van der Waals surface area (Å²) >= 11 is 0. The second-order valence-corrected chi connectivity index (χ2v) is 3.70. The van der Waals surface area contributed by atoms with Crippen LogP contribution in [0.1, 0.15) is 5.56 Å². The van der Waals surface area contributed by atoms with Gasteiger partial charge in [-0.3, -0.25) is 10.1 Å². The van der Waals surface area contributed by atoms with Crippen LogP contribution in [0.4, 0.5) is 21.5 Å². The first-order chi connectivity index (χ1) is 9.11. The topological polar surface area (TPSA) is 79.0 Å². The maximum Gasteiger partial charge on any atom is 0.270 e. The monoisotopic (exact) mass is 257 g/mol. The summed E-state index contributed by atoms with van der Waals surface area (Å²) in [4.78, 5) is 10.0. The number of anilines is 2. The number of nitrogens with one attached hydrogen (secondary N) is 1. The molecular formula is C13H8FN3O2. The van der Waals surface area contributed by atoms with E-state index >= 15 is 0 Å². The number of non-ortho nitro benzene ring substituents is 1. The molecule has 0 saturated heterocycles. The van der Waals surface area contributed by atoms with E-state index < -0.39 is 10.7 Å². The van der Waals surface area contributed by atoms with Crippen LogP contribution in [0.25, 0.3) is 0 Å². The average molecular weight is 257 g/mol. The number of nitro groups is 1. The lowest BCUT2D eigenvalue weighted by Gasteiger charge is -2.08. The van der Waals surface area contributed by atoms with Gasteiger partial charge in [0.05, 0.1) is 21.9 Å². The zero-order chi connectivity index (χ0) is 13.8. The second kappa shape index (κ2) is 5.14. The Bertz CT molecular complexity index is 680. The summed E-state index contributed by atoms with van der Waals surface area (Å²) < 4.78 is 13.5. The Morgan fingerprint density at radius 3 is 2.58 bits per heavy atom. The fraction of sp³-hybridized carbons (Fsp3) is 0. The molecule has 2 aromatic rings. The van der Waals surface area contributed by atoms with Gasteiger partial charge < -0.3 is 5.32 Å². The highest BCUT2D eigenvalue weighted by molar-refractivity contribution is 5.68. The highest BCUT2D eigenvalue weighted by atomic mass is 19.1. The molecule has 0 spiro atoms. The van der Waals surface area contributed by atoms with Crippen molar-refractivity contribution in [3.8, 4) is 6.07 Å². The van der Waals surface area contributed by atoms with Crippen LogP contribution < -0.4 is 5.32 Å². The molecule has 0 fully saturated rings. The van der Waals surface area contributed by atoms with Crippen molar-refractivity contribution in [3.05, 3.63) is 64.0 Å². The SMILES string of the molecule is N#Cc1cc([N+](=O)[O-])ccc1Nc1ccccc1F. The molecule has 0 saturated carbocycles. The van der Waals surface area contributed by atoms with E-state index in [1.54, 1.807) is 12.1 Å². The predicted molar refractivity (Wildman–Crippen MR) is 67.5 cm³/mol. The Kier molecular flexibility index (Phi) is 3.39. The third-order valence-electron chi connectivity index (χ3n) is 2.48. The Labute approximate surface area is 108 Å². The lowest BCUT2D eigenvalue weighted by molar-refractivity contribution is -0.384. The van der Waals surface area contributed by atoms with Gasteiger partial charge in [-0.1, -0.05) is 12.1 Å². The van der Waals surface area contributed by atoms with E-state index in [2.05, 4.69) is 5.32 Å². The van der Waals surface area contributed by atoms with Crippen molar-refractivity contribution < 1.29 is 9.31 Å². The van der Waals surface area contributed by atoms with Crippen LogP contribution in [0, 0.1) is 27.3 Å². The van der Waals surface area contributed by atoms with Gasteiger partial charge in [-0.25, -0.2) is 4.39 Å². The van der Waals surface area contributed by atoms with Gasteiger partial charge in [0.1, 0.15) is 11.9 Å². The second-order valence-electron chi connectivity index (χ2n) is 3.70. The van der Waals surface area contributed by atoms with E-state index in [0.717, 1.165) is 6.07 Å². The predicted octanol–water partition coefficient (Wildman–Crippen LogP) is 3.35. The number of nitriles is 1. The summed E-state index contributed by atoms with van der Waals surface area (Å²) in [5.74, 6) is -0.468. The first-order valence-corrected chi connectivity index (χ1v) is 5.32. The van der Waals surface area contributed by atoms with Gasteiger partial charge >= 0.3 is 0 Å². The minimum Gasteiger partial charge on any atom is -0.352 e. The van der Waals surface area contributed by atoms with Crippen LogP contribution in [0.15, 0.2) is 42.5 Å². The molecule has 0 aromatic heterocycles. The molecule has 0 heterocycles. The standard InChI is InChI=1S/C13H8FN3O2/c14-11-3-1-2-4-13(11)16-12-6-5-10(17(18)19)7-9(12)8-15/h1-7,16H.